The van der Waals surface area contributed by atoms with E-state index in [-0.39, 0.29) is 48.3 Å². The minimum atomic E-state index is -3.01. The maximum atomic E-state index is 15.1. The predicted octanol–water partition coefficient (Wildman–Crippen LogP) is 6.88. The Bertz CT molecular complexity index is 2230. The van der Waals surface area contributed by atoms with Gasteiger partial charge in [0.05, 0.1) is 7.11 Å². The monoisotopic (exact) mass is 789 g/mol. The standard InChI is InChI=1S/C46H49F2N5O5/c1-58-42-26-41(37(30-5-3-2-4-6-30)25-38(42)35-13-16-46(47,48)39-24-33(54)8-10-36(35)39)52-17-14-29(15-18-52)27-50-19-21-51(22-20-50)32-7-9-34-31(23-32)28-53(45(34)57)40-11-12-43(55)49-44(40)56/h2-10,23-26,29,35,40,54H,11-22,27-28H2,1H3,(H,49,55,56)/t35-,40+/m1/s1. The summed E-state index contributed by atoms with van der Waals surface area (Å²) in [5.41, 5.74) is 7.15. The highest BCUT2D eigenvalue weighted by Gasteiger charge is 2.43. The summed E-state index contributed by atoms with van der Waals surface area (Å²) >= 11 is 0. The maximum absolute atomic E-state index is 15.1. The van der Waals surface area contributed by atoms with Gasteiger partial charge in [-0.15, -0.1) is 0 Å². The minimum Gasteiger partial charge on any atom is -0.508 e. The van der Waals surface area contributed by atoms with Crippen molar-refractivity contribution in [2.24, 2.45) is 5.92 Å². The molecule has 0 aromatic heterocycles. The highest BCUT2D eigenvalue weighted by molar-refractivity contribution is 6.05. The molecule has 0 spiro atoms. The van der Waals surface area contributed by atoms with E-state index < -0.39 is 17.9 Å². The van der Waals surface area contributed by atoms with Crippen molar-refractivity contribution in [3.05, 3.63) is 107 Å². The number of ether oxygens (including phenoxy) is 1. The van der Waals surface area contributed by atoms with Crippen LogP contribution in [0.3, 0.4) is 0 Å². The summed E-state index contributed by atoms with van der Waals surface area (Å²) in [4.78, 5) is 46.3. The van der Waals surface area contributed by atoms with Crippen molar-refractivity contribution in [2.75, 3.05) is 62.7 Å². The van der Waals surface area contributed by atoms with E-state index in [1.54, 1.807) is 18.1 Å². The van der Waals surface area contributed by atoms with Gasteiger partial charge in [0.25, 0.3) is 11.8 Å². The highest BCUT2D eigenvalue weighted by atomic mass is 19.3. The third kappa shape index (κ3) is 7.16. The molecule has 2 N–H and O–H groups in total. The van der Waals surface area contributed by atoms with Crippen LogP contribution in [0.5, 0.6) is 11.5 Å². The first kappa shape index (κ1) is 38.1. The SMILES string of the molecule is COc1cc(N2CCC(CN3CCN(c4ccc5c(c4)CN([C@H]4CCC(=O)NC4=O)C5=O)CC3)CC2)c(-c2ccccc2)cc1[C@@H]1CCC(F)(F)c2cc(O)ccc21. The number of phenolic OH excluding ortho intramolecular Hbond substituents is 1. The van der Waals surface area contributed by atoms with Gasteiger partial charge in [-0.05, 0) is 84.7 Å². The molecule has 3 amide bonds. The first-order valence-corrected chi connectivity index (χ1v) is 20.5. The summed E-state index contributed by atoms with van der Waals surface area (Å²) in [6.45, 7) is 6.88. The Balaban J connectivity index is 0.851. The number of carbonyl (C=O) groups is 3. The Labute approximate surface area is 337 Å². The number of piperidine rings is 2. The number of carbonyl (C=O) groups excluding carboxylic acids is 3. The summed E-state index contributed by atoms with van der Waals surface area (Å²) in [5.74, 6) is -3.05. The molecule has 302 valence electrons. The Morgan fingerprint density at radius 2 is 1.59 bits per heavy atom. The summed E-state index contributed by atoms with van der Waals surface area (Å²) in [6.07, 6.45) is 2.67. The quantitative estimate of drug-likeness (QED) is 0.186. The van der Waals surface area contributed by atoms with Gasteiger partial charge >= 0.3 is 0 Å². The molecule has 0 bridgehead atoms. The van der Waals surface area contributed by atoms with Crippen LogP contribution in [0.2, 0.25) is 0 Å². The fourth-order valence-corrected chi connectivity index (χ4v) is 9.92. The number of halogens is 2. The zero-order chi connectivity index (χ0) is 40.1. The van der Waals surface area contributed by atoms with E-state index in [2.05, 4.69) is 50.3 Å². The second-order valence-electron chi connectivity index (χ2n) is 16.5. The second kappa shape index (κ2) is 15.4. The maximum Gasteiger partial charge on any atom is 0.273 e. The molecule has 4 heterocycles. The van der Waals surface area contributed by atoms with Gasteiger partial charge in [0.15, 0.2) is 0 Å². The molecular formula is C46H49F2N5O5. The van der Waals surface area contributed by atoms with Crippen LogP contribution in [-0.4, -0.2) is 91.6 Å². The molecule has 4 aliphatic heterocycles. The molecule has 9 rings (SSSR count). The van der Waals surface area contributed by atoms with E-state index in [0.717, 1.165) is 92.3 Å². The third-order valence-corrected chi connectivity index (χ3v) is 13.1. The van der Waals surface area contributed by atoms with Gasteiger partial charge in [-0.1, -0.05) is 36.4 Å². The number of hydrogen-bond acceptors (Lipinski definition) is 8. The number of piperazine rings is 1. The van der Waals surface area contributed by atoms with Crippen LogP contribution in [-0.2, 0) is 22.1 Å². The number of alkyl halides is 2. The second-order valence-corrected chi connectivity index (χ2v) is 16.5. The Kier molecular flexibility index (Phi) is 10.1. The number of nitrogens with one attached hydrogen (secondary N) is 1. The average Bonchev–Trinajstić information content (AvgIpc) is 3.56. The van der Waals surface area contributed by atoms with E-state index in [1.165, 1.54) is 12.1 Å². The number of aromatic hydroxyl groups is 1. The number of imide groups is 1. The number of amides is 3. The fourth-order valence-electron chi connectivity index (χ4n) is 9.92. The van der Waals surface area contributed by atoms with Crippen LogP contribution in [0.4, 0.5) is 20.2 Å². The molecule has 0 saturated carbocycles. The van der Waals surface area contributed by atoms with Crippen molar-refractivity contribution in [1.29, 1.82) is 0 Å². The first-order valence-electron chi connectivity index (χ1n) is 20.5. The molecule has 3 fully saturated rings. The van der Waals surface area contributed by atoms with Gasteiger partial charge in [-0.3, -0.25) is 24.6 Å². The van der Waals surface area contributed by atoms with Gasteiger partial charge in [0, 0.05) is 111 Å². The van der Waals surface area contributed by atoms with Crippen molar-refractivity contribution in [1.82, 2.24) is 15.1 Å². The van der Waals surface area contributed by atoms with Crippen molar-refractivity contribution in [2.45, 2.75) is 63.0 Å². The Morgan fingerprint density at radius 3 is 2.33 bits per heavy atom. The fraction of sp³-hybridized carbons (Fsp3) is 0.413. The largest absolute Gasteiger partial charge is 0.508 e. The number of phenols is 1. The van der Waals surface area contributed by atoms with Gasteiger partial charge in [-0.2, -0.15) is 0 Å². The predicted molar refractivity (Wildman–Crippen MR) is 218 cm³/mol. The zero-order valence-electron chi connectivity index (χ0n) is 32.8. The molecule has 5 aliphatic rings. The lowest BCUT2D eigenvalue weighted by molar-refractivity contribution is -0.136. The smallest absolute Gasteiger partial charge is 0.273 e. The van der Waals surface area contributed by atoms with E-state index >= 15 is 8.78 Å². The number of anilines is 2. The van der Waals surface area contributed by atoms with Crippen LogP contribution < -0.4 is 19.9 Å². The summed E-state index contributed by atoms with van der Waals surface area (Å²) in [6, 6.07) is 24.2. The van der Waals surface area contributed by atoms with E-state index in [1.807, 2.05) is 30.3 Å². The van der Waals surface area contributed by atoms with Crippen LogP contribution in [0, 0.1) is 5.92 Å². The molecule has 3 saturated heterocycles. The molecule has 0 radical (unpaired) electrons. The van der Waals surface area contributed by atoms with E-state index in [4.69, 9.17) is 4.74 Å². The van der Waals surface area contributed by atoms with Crippen LogP contribution in [0.25, 0.3) is 11.1 Å². The number of benzene rings is 4. The molecule has 1 aliphatic carbocycles. The van der Waals surface area contributed by atoms with Gasteiger partial charge in [-0.25, -0.2) is 8.78 Å². The van der Waals surface area contributed by atoms with Crippen molar-refractivity contribution in [3.8, 4) is 22.6 Å². The number of nitrogens with zero attached hydrogens (tertiary/aromatic N) is 4. The number of hydrogen-bond donors (Lipinski definition) is 2. The topological polar surface area (TPSA) is 106 Å². The van der Waals surface area contributed by atoms with Crippen molar-refractivity contribution >= 4 is 29.1 Å². The normalized spacial score (nSPS) is 22.5. The molecule has 0 unspecified atom stereocenters. The first-order chi connectivity index (χ1) is 28.1. The summed E-state index contributed by atoms with van der Waals surface area (Å²) in [5, 5.41) is 12.5. The molecule has 12 heteroatoms. The van der Waals surface area contributed by atoms with Crippen LogP contribution in [0.1, 0.15) is 77.1 Å². The lowest BCUT2D eigenvalue weighted by atomic mass is 9.76. The van der Waals surface area contributed by atoms with Gasteiger partial charge in [0.1, 0.15) is 17.5 Å². The lowest BCUT2D eigenvalue weighted by Crippen LogP contribution is -2.52. The van der Waals surface area contributed by atoms with Crippen LogP contribution in [0.15, 0.2) is 78.9 Å². The number of fused-ring (bicyclic) bond motifs is 2. The summed E-state index contributed by atoms with van der Waals surface area (Å²) < 4.78 is 36.2. The molecule has 4 aromatic carbocycles. The number of rotatable bonds is 8. The summed E-state index contributed by atoms with van der Waals surface area (Å²) in [7, 11) is 1.65. The van der Waals surface area contributed by atoms with Crippen molar-refractivity contribution in [3.63, 3.8) is 0 Å². The number of methoxy groups -OCH3 is 1. The molecule has 4 aromatic rings. The van der Waals surface area contributed by atoms with Gasteiger partial charge in [0.2, 0.25) is 11.8 Å². The van der Waals surface area contributed by atoms with E-state index in [0.29, 0.717) is 35.8 Å². The molecular weight excluding hydrogens is 741 g/mol. The lowest BCUT2D eigenvalue weighted by Gasteiger charge is -2.40. The Hall–Kier alpha value is -5.49. The third-order valence-electron chi connectivity index (χ3n) is 13.1. The molecule has 10 nitrogen and oxygen atoms in total. The average molecular weight is 790 g/mol. The van der Waals surface area contributed by atoms with Crippen LogP contribution >= 0.6 is 0 Å². The van der Waals surface area contributed by atoms with Gasteiger partial charge < -0.3 is 24.5 Å². The molecule has 58 heavy (non-hydrogen) atoms. The molecule has 2 atom stereocenters. The zero-order valence-corrected chi connectivity index (χ0v) is 32.8. The van der Waals surface area contributed by atoms with E-state index in [9.17, 15) is 19.5 Å². The minimum absolute atomic E-state index is 0.111. The Morgan fingerprint density at radius 1 is 0.810 bits per heavy atom. The highest BCUT2D eigenvalue weighted by Crippen LogP contribution is 2.51. The van der Waals surface area contributed by atoms with Crippen molar-refractivity contribution < 1.29 is 33.0 Å².